The zero-order valence-corrected chi connectivity index (χ0v) is 14.5. The molecule has 0 spiro atoms. The number of para-hydroxylation sites is 2. The Kier molecular flexibility index (Phi) is 4.46. The number of H-pyrrole nitrogens is 1. The fourth-order valence-electron chi connectivity index (χ4n) is 2.72. The molecule has 4 rings (SSSR count). The molecule has 3 N–H and O–H groups in total. The molecule has 1 aromatic heterocycles. The molecule has 0 aliphatic heterocycles. The summed E-state index contributed by atoms with van der Waals surface area (Å²) in [5.41, 5.74) is 4.05. The quantitative estimate of drug-likeness (QED) is 0.424. The Balaban J connectivity index is 1.54. The second-order valence-electron chi connectivity index (χ2n) is 5.88. The Labute approximate surface area is 155 Å². The van der Waals surface area contributed by atoms with Gasteiger partial charge in [0.1, 0.15) is 5.82 Å². The van der Waals surface area contributed by atoms with E-state index in [0.29, 0.717) is 17.5 Å². The lowest BCUT2D eigenvalue weighted by Crippen LogP contribution is -1.98. The van der Waals surface area contributed by atoms with Crippen LogP contribution in [0, 0.1) is 5.82 Å². The minimum Gasteiger partial charge on any atom is -0.381 e. The summed E-state index contributed by atoms with van der Waals surface area (Å²) in [5, 5.41) is 6.59. The summed E-state index contributed by atoms with van der Waals surface area (Å²) >= 11 is 6.05. The molecule has 4 nitrogen and oxygen atoms in total. The van der Waals surface area contributed by atoms with Gasteiger partial charge in [-0.05, 0) is 42.0 Å². The summed E-state index contributed by atoms with van der Waals surface area (Å²) in [4.78, 5) is 7.60. The zero-order valence-electron chi connectivity index (χ0n) is 13.8. The van der Waals surface area contributed by atoms with Crippen LogP contribution in [-0.2, 0) is 6.54 Å². The molecule has 0 radical (unpaired) electrons. The van der Waals surface area contributed by atoms with Crippen LogP contribution in [0.3, 0.4) is 0 Å². The van der Waals surface area contributed by atoms with Gasteiger partial charge in [-0.2, -0.15) is 0 Å². The number of rotatable bonds is 5. The molecular formula is C20H16ClFN4. The van der Waals surface area contributed by atoms with Gasteiger partial charge in [0.05, 0.1) is 21.7 Å². The van der Waals surface area contributed by atoms with Crippen molar-refractivity contribution >= 4 is 40.0 Å². The normalized spacial score (nSPS) is 10.8. The van der Waals surface area contributed by atoms with E-state index in [0.717, 1.165) is 22.3 Å². The van der Waals surface area contributed by atoms with E-state index in [1.54, 1.807) is 12.1 Å². The van der Waals surface area contributed by atoms with Crippen LogP contribution < -0.4 is 10.6 Å². The molecule has 130 valence electrons. The molecule has 0 aliphatic carbocycles. The number of aromatic nitrogens is 2. The van der Waals surface area contributed by atoms with Crippen LogP contribution in [0.25, 0.3) is 11.0 Å². The van der Waals surface area contributed by atoms with E-state index in [9.17, 15) is 4.39 Å². The smallest absolute Gasteiger partial charge is 0.205 e. The molecule has 4 aromatic rings. The highest BCUT2D eigenvalue weighted by Gasteiger charge is 2.10. The average Bonchev–Trinajstić information content (AvgIpc) is 3.06. The van der Waals surface area contributed by atoms with Crippen LogP contribution in [0.15, 0.2) is 66.7 Å². The maximum Gasteiger partial charge on any atom is 0.205 e. The third-order valence-electron chi connectivity index (χ3n) is 4.02. The van der Waals surface area contributed by atoms with Gasteiger partial charge in [-0.1, -0.05) is 41.9 Å². The summed E-state index contributed by atoms with van der Waals surface area (Å²) in [5.74, 6) is 0.0193. The molecule has 0 bridgehead atoms. The van der Waals surface area contributed by atoms with E-state index >= 15 is 0 Å². The summed E-state index contributed by atoms with van der Waals surface area (Å²) in [6.45, 7) is 0.695. The van der Waals surface area contributed by atoms with Crippen molar-refractivity contribution < 1.29 is 4.39 Å². The van der Waals surface area contributed by atoms with Gasteiger partial charge in [-0.25, -0.2) is 9.37 Å². The van der Waals surface area contributed by atoms with E-state index in [-0.39, 0.29) is 5.69 Å². The molecule has 0 saturated heterocycles. The van der Waals surface area contributed by atoms with Gasteiger partial charge in [0.15, 0.2) is 0 Å². The number of aromatic amines is 1. The Morgan fingerprint density at radius 2 is 1.85 bits per heavy atom. The van der Waals surface area contributed by atoms with Crippen LogP contribution in [-0.4, -0.2) is 9.97 Å². The molecule has 0 unspecified atom stereocenters. The zero-order chi connectivity index (χ0) is 17.9. The second-order valence-corrected chi connectivity index (χ2v) is 6.29. The van der Waals surface area contributed by atoms with Gasteiger partial charge in [0.2, 0.25) is 5.95 Å². The first kappa shape index (κ1) is 16.4. The number of hydrogen-bond acceptors (Lipinski definition) is 3. The maximum absolute atomic E-state index is 13.9. The summed E-state index contributed by atoms with van der Waals surface area (Å²) < 4.78 is 13.9. The largest absolute Gasteiger partial charge is 0.381 e. The third kappa shape index (κ3) is 3.48. The van der Waals surface area contributed by atoms with Gasteiger partial charge < -0.3 is 15.6 Å². The number of benzene rings is 3. The van der Waals surface area contributed by atoms with Crippen molar-refractivity contribution in [2.45, 2.75) is 6.54 Å². The van der Waals surface area contributed by atoms with Crippen LogP contribution in [0.4, 0.5) is 21.7 Å². The number of hydrogen-bond donors (Lipinski definition) is 3. The van der Waals surface area contributed by atoms with Gasteiger partial charge in [0.25, 0.3) is 0 Å². The summed E-state index contributed by atoms with van der Waals surface area (Å²) in [6.07, 6.45) is 0. The Hall–Kier alpha value is -3.05. The topological polar surface area (TPSA) is 52.7 Å². The number of anilines is 3. The standard InChI is InChI=1S/C20H16ClFN4/c21-15-7-4-8-16(22)19(15)26-20-24-17-10-9-13(11-18(17)25-20)12-23-14-5-2-1-3-6-14/h1-11,23H,12H2,(H2,24,25,26). The van der Waals surface area contributed by atoms with E-state index in [1.807, 2.05) is 48.5 Å². The summed E-state index contributed by atoms with van der Waals surface area (Å²) in [6, 6.07) is 20.5. The number of halogens is 2. The monoisotopic (exact) mass is 366 g/mol. The van der Waals surface area contributed by atoms with E-state index in [2.05, 4.69) is 20.6 Å². The Morgan fingerprint density at radius 1 is 1.00 bits per heavy atom. The molecule has 0 aliphatic rings. The number of nitrogens with zero attached hydrogens (tertiary/aromatic N) is 1. The van der Waals surface area contributed by atoms with Crippen molar-refractivity contribution in [1.29, 1.82) is 0 Å². The molecule has 3 aromatic carbocycles. The van der Waals surface area contributed by atoms with Gasteiger partial charge in [-0.3, -0.25) is 0 Å². The highest BCUT2D eigenvalue weighted by atomic mass is 35.5. The minimum atomic E-state index is -0.425. The van der Waals surface area contributed by atoms with Crippen molar-refractivity contribution in [3.63, 3.8) is 0 Å². The molecular weight excluding hydrogens is 351 g/mol. The molecule has 1 heterocycles. The van der Waals surface area contributed by atoms with Gasteiger partial charge in [-0.15, -0.1) is 0 Å². The lowest BCUT2D eigenvalue weighted by atomic mass is 10.2. The lowest BCUT2D eigenvalue weighted by molar-refractivity contribution is 0.632. The highest BCUT2D eigenvalue weighted by molar-refractivity contribution is 6.33. The van der Waals surface area contributed by atoms with Crippen molar-refractivity contribution in [2.75, 3.05) is 10.6 Å². The number of imidazole rings is 1. The fourth-order valence-corrected chi connectivity index (χ4v) is 2.93. The van der Waals surface area contributed by atoms with Crippen LogP contribution in [0.5, 0.6) is 0 Å². The average molecular weight is 367 g/mol. The van der Waals surface area contributed by atoms with Gasteiger partial charge in [0, 0.05) is 12.2 Å². The van der Waals surface area contributed by atoms with Crippen molar-refractivity contribution in [3.05, 3.63) is 83.1 Å². The van der Waals surface area contributed by atoms with E-state index in [4.69, 9.17) is 11.6 Å². The molecule has 0 saturated carbocycles. The molecule has 26 heavy (non-hydrogen) atoms. The second kappa shape index (κ2) is 7.06. The van der Waals surface area contributed by atoms with E-state index in [1.165, 1.54) is 6.07 Å². The van der Waals surface area contributed by atoms with Crippen LogP contribution in [0.2, 0.25) is 5.02 Å². The molecule has 0 atom stereocenters. The van der Waals surface area contributed by atoms with Crippen molar-refractivity contribution in [2.24, 2.45) is 0 Å². The maximum atomic E-state index is 13.9. The first-order valence-corrected chi connectivity index (χ1v) is 8.55. The first-order valence-electron chi connectivity index (χ1n) is 8.18. The Morgan fingerprint density at radius 3 is 2.65 bits per heavy atom. The molecule has 6 heteroatoms. The number of nitrogens with one attached hydrogen (secondary N) is 3. The fraction of sp³-hybridized carbons (Fsp3) is 0.0500. The van der Waals surface area contributed by atoms with E-state index < -0.39 is 5.82 Å². The predicted molar refractivity (Wildman–Crippen MR) is 105 cm³/mol. The lowest BCUT2D eigenvalue weighted by Gasteiger charge is -2.06. The van der Waals surface area contributed by atoms with Crippen LogP contribution in [0.1, 0.15) is 5.56 Å². The molecule has 0 fully saturated rings. The molecule has 0 amide bonds. The third-order valence-corrected chi connectivity index (χ3v) is 4.34. The van der Waals surface area contributed by atoms with Gasteiger partial charge >= 0.3 is 0 Å². The van der Waals surface area contributed by atoms with Crippen molar-refractivity contribution in [1.82, 2.24) is 9.97 Å². The Bertz CT molecular complexity index is 1030. The van der Waals surface area contributed by atoms with Crippen molar-refractivity contribution in [3.8, 4) is 0 Å². The first-order chi connectivity index (χ1) is 12.7. The highest BCUT2D eigenvalue weighted by Crippen LogP contribution is 2.28. The predicted octanol–water partition coefficient (Wildman–Crippen LogP) is 5.71. The number of fused-ring (bicyclic) bond motifs is 1. The summed E-state index contributed by atoms with van der Waals surface area (Å²) in [7, 11) is 0. The van der Waals surface area contributed by atoms with Crippen LogP contribution >= 0.6 is 11.6 Å². The SMILES string of the molecule is Fc1cccc(Cl)c1Nc1nc2ccc(CNc3ccccc3)cc2[nH]1. The minimum absolute atomic E-state index is 0.208.